The Hall–Kier alpha value is -2.79. The summed E-state index contributed by atoms with van der Waals surface area (Å²) in [4.78, 5) is 40.0. The second kappa shape index (κ2) is 10.9. The van der Waals surface area contributed by atoms with E-state index in [1.165, 1.54) is 13.5 Å². The molecule has 3 N–H and O–H groups in total. The van der Waals surface area contributed by atoms with Crippen LogP contribution >= 0.6 is 0 Å². The fourth-order valence-electron chi connectivity index (χ4n) is 3.44. The van der Waals surface area contributed by atoms with Gasteiger partial charge < -0.3 is 9.15 Å². The zero-order valence-electron chi connectivity index (χ0n) is 18.7. The monoisotopic (exact) mass is 559 g/mol. The van der Waals surface area contributed by atoms with Gasteiger partial charge in [-0.15, -0.1) is 0 Å². The van der Waals surface area contributed by atoms with E-state index in [-0.39, 0.29) is 3.86 Å². The normalized spacial score (nSPS) is 15.4. The van der Waals surface area contributed by atoms with Crippen molar-refractivity contribution in [1.82, 2.24) is 10.3 Å². The third-order valence-electron chi connectivity index (χ3n) is 5.27. The predicted molar refractivity (Wildman–Crippen MR) is 121 cm³/mol. The second-order valence-corrected chi connectivity index (χ2v) is 15.9. The molecule has 1 atom stereocenters. The van der Waals surface area contributed by atoms with Crippen LogP contribution in [0.2, 0.25) is 0 Å². The molecule has 10 nitrogen and oxygen atoms in total. The number of nitrogens with zero attached hydrogens (tertiary/aromatic N) is 1. The molecule has 0 saturated carbocycles. The van der Waals surface area contributed by atoms with Gasteiger partial charge in [0.05, 0.1) is 18.9 Å². The number of methoxy groups -OCH3 is 1. The Bertz CT molecular complexity index is 1040. The van der Waals surface area contributed by atoms with E-state index in [1.807, 2.05) is 9.91 Å². The Balaban J connectivity index is 1.52. The van der Waals surface area contributed by atoms with Crippen LogP contribution < -0.4 is 15.4 Å². The Morgan fingerprint density at radius 1 is 1.30 bits per heavy atom. The van der Waals surface area contributed by atoms with E-state index in [0.29, 0.717) is 42.2 Å². The molecule has 0 fully saturated rings. The first-order chi connectivity index (χ1) is 15.7. The van der Waals surface area contributed by atoms with E-state index in [1.54, 1.807) is 38.2 Å². The van der Waals surface area contributed by atoms with E-state index in [9.17, 15) is 19.5 Å². The van der Waals surface area contributed by atoms with Gasteiger partial charge in [0.2, 0.25) is 0 Å². The van der Waals surface area contributed by atoms with Crippen LogP contribution in [0.3, 0.4) is 0 Å². The molecule has 174 valence electrons. The third kappa shape index (κ3) is 6.61. The first kappa shape index (κ1) is 24.8. The number of oxazole rings is 1. The molecule has 1 aliphatic rings. The molecule has 1 aliphatic heterocycles. The minimum absolute atomic E-state index is 0.214. The number of carbonyl (C=O) groups is 3. The molecule has 2 heterocycles. The fraction of sp³-hybridized carbons (Fsp3) is 0.364. The van der Waals surface area contributed by atoms with E-state index in [0.717, 1.165) is 0 Å². The number of hydrogen-bond acceptors (Lipinski definition) is 7. The third-order valence-corrected chi connectivity index (χ3v) is 12.5. The molecule has 3 rings (SSSR count). The number of anilines is 1. The number of aromatic nitrogens is 1. The Labute approximate surface area is 198 Å². The van der Waals surface area contributed by atoms with E-state index in [2.05, 4.69) is 15.6 Å². The van der Waals surface area contributed by atoms with Gasteiger partial charge in [-0.1, -0.05) is 0 Å². The van der Waals surface area contributed by atoms with Crippen LogP contribution in [0.25, 0.3) is 11.3 Å². The smallest absolute Gasteiger partial charge is 0.443 e. The number of benzene rings is 1. The van der Waals surface area contributed by atoms with Gasteiger partial charge in [-0.3, -0.25) is 0 Å². The molecule has 1 unspecified atom stereocenters. The summed E-state index contributed by atoms with van der Waals surface area (Å²) in [7, 11) is 1.49. The van der Waals surface area contributed by atoms with Crippen molar-refractivity contribution < 1.29 is 33.4 Å². The first-order valence-corrected chi connectivity index (χ1v) is 15.9. The molecule has 0 bridgehead atoms. The standard InChI is InChI=1S/C21H25N3O5.CHO2.In/c1-5-6-10-28-11-9-21(2,3)24-20(26)19(25)23-15-7-8-16(17(12-15)27-4)18-13-22-14-29-18;2-1-3;/h1,5,7-8,10,12-14H,6,9,11H2,2-4H3,(H,23,25)(H,24,26);(H,2,3);. The van der Waals surface area contributed by atoms with E-state index < -0.39 is 42.5 Å². The summed E-state index contributed by atoms with van der Waals surface area (Å²) in [6.45, 7) is 3.85. The summed E-state index contributed by atoms with van der Waals surface area (Å²) in [6, 6.07) is 4.91. The van der Waals surface area contributed by atoms with Crippen molar-refractivity contribution in [3.63, 3.8) is 0 Å². The summed E-state index contributed by atoms with van der Waals surface area (Å²) in [5.74, 6) is -0.642. The molecule has 0 radical (unpaired) electrons. The number of ether oxygens (including phenoxy) is 2. The van der Waals surface area contributed by atoms with E-state index in [4.69, 9.17) is 13.9 Å². The topological polar surface area (TPSA) is 140 Å². The average Bonchev–Trinajstić information content (AvgIpc) is 3.45. The van der Waals surface area contributed by atoms with Crippen molar-refractivity contribution >= 4 is 42.7 Å². The first-order valence-electron chi connectivity index (χ1n) is 10.4. The van der Waals surface area contributed by atoms with Crippen molar-refractivity contribution in [3.8, 4) is 17.1 Å². The van der Waals surface area contributed by atoms with Gasteiger partial charge in [0.15, 0.2) is 12.2 Å². The molecule has 33 heavy (non-hydrogen) atoms. The van der Waals surface area contributed by atoms with Crippen LogP contribution in [0.1, 0.15) is 26.7 Å². The molecule has 0 aliphatic carbocycles. The van der Waals surface area contributed by atoms with Crippen LogP contribution in [0.15, 0.2) is 45.1 Å². The number of carboxylic acid groups (broad SMARTS) is 1. The summed E-state index contributed by atoms with van der Waals surface area (Å²) >= 11 is -2.87. The van der Waals surface area contributed by atoms with Crippen molar-refractivity contribution in [2.45, 2.75) is 36.1 Å². The molecule has 11 heteroatoms. The zero-order valence-corrected chi connectivity index (χ0v) is 22.0. The molecule has 1 aromatic carbocycles. The Morgan fingerprint density at radius 3 is 2.76 bits per heavy atom. The van der Waals surface area contributed by atoms with Gasteiger partial charge in [0, 0.05) is 0 Å². The maximum absolute atomic E-state index is 12.4. The minimum atomic E-state index is -2.87. The summed E-state index contributed by atoms with van der Waals surface area (Å²) < 4.78 is 17.3. The quantitative estimate of drug-likeness (QED) is 0.399. The van der Waals surface area contributed by atoms with Crippen molar-refractivity contribution in [2.75, 3.05) is 19.0 Å². The van der Waals surface area contributed by atoms with Crippen molar-refractivity contribution in [3.05, 3.63) is 40.7 Å². The van der Waals surface area contributed by atoms with Gasteiger partial charge in [-0.2, -0.15) is 0 Å². The Kier molecular flexibility index (Phi) is 8.20. The molecule has 1 aromatic heterocycles. The van der Waals surface area contributed by atoms with Gasteiger partial charge >= 0.3 is 154 Å². The van der Waals surface area contributed by atoms with Gasteiger partial charge in [-0.25, -0.2) is 4.98 Å². The maximum atomic E-state index is 12.4. The number of amides is 2. The second-order valence-electron chi connectivity index (χ2n) is 8.26. The zero-order chi connectivity index (χ0) is 24.0. The fourth-order valence-corrected chi connectivity index (χ4v) is 9.08. The van der Waals surface area contributed by atoms with Crippen molar-refractivity contribution in [1.29, 1.82) is 0 Å². The van der Waals surface area contributed by atoms with Crippen LogP contribution in [0.4, 0.5) is 10.5 Å². The average molecular weight is 559 g/mol. The van der Waals surface area contributed by atoms with Gasteiger partial charge in [-0.05, 0) is 0 Å². The summed E-state index contributed by atoms with van der Waals surface area (Å²) in [6.07, 6.45) is 5.79. The van der Waals surface area contributed by atoms with Crippen molar-refractivity contribution in [2.24, 2.45) is 0 Å². The molecule has 2 amide bonds. The molecular formula is C22H26InN3O7. The predicted octanol–water partition coefficient (Wildman–Crippen LogP) is 2.75. The van der Waals surface area contributed by atoms with Gasteiger partial charge in [0.25, 0.3) is 0 Å². The summed E-state index contributed by atoms with van der Waals surface area (Å²) in [5.41, 5.74) is 0.325. The van der Waals surface area contributed by atoms with Crippen LogP contribution in [0.5, 0.6) is 5.75 Å². The number of nitrogens with one attached hydrogen (secondary N) is 2. The molecule has 0 saturated heterocycles. The minimum Gasteiger partial charge on any atom is -0.443 e. The number of rotatable bonds is 9. The molecule has 2 aromatic rings. The molecular weight excluding hydrogens is 533 g/mol. The molecule has 0 spiro atoms. The SMILES string of the molecule is COc1cc(NC(=O)C(=O)NC(C)(C)CCO[CH]2CC=[CH][In]2[C](=O)O)ccc1-c1cnco1. The Morgan fingerprint density at radius 2 is 2.09 bits per heavy atom. The van der Waals surface area contributed by atoms with E-state index >= 15 is 0 Å². The number of hydrogen-bond donors (Lipinski definition) is 3. The van der Waals surface area contributed by atoms with Crippen LogP contribution in [0, 0.1) is 0 Å². The number of carbonyl (C=O) groups excluding carboxylic acids is 2. The van der Waals surface area contributed by atoms with Crippen LogP contribution in [-0.4, -0.2) is 70.2 Å². The van der Waals surface area contributed by atoms with Gasteiger partial charge in [0.1, 0.15) is 0 Å². The summed E-state index contributed by atoms with van der Waals surface area (Å²) in [5, 5.41) is 14.5. The van der Waals surface area contributed by atoms with Crippen LogP contribution in [-0.2, 0) is 14.3 Å².